The Hall–Kier alpha value is -5.94. The van der Waals surface area contributed by atoms with Crippen LogP contribution in [0.25, 0.3) is 104 Å². The summed E-state index contributed by atoms with van der Waals surface area (Å²) in [5.74, 6) is 0. The number of hydrogen-bond donors (Lipinski definition) is 0. The van der Waals surface area contributed by atoms with E-state index in [1.807, 2.05) is 48.5 Å². The predicted molar refractivity (Wildman–Crippen MR) is 174 cm³/mol. The smallest absolute Gasteiger partial charge is 0.165 e. The minimum Gasteiger partial charge on any atom is -0.455 e. The third kappa shape index (κ3) is 2.63. The van der Waals surface area contributed by atoms with Gasteiger partial charge in [0.2, 0.25) is 0 Å². The van der Waals surface area contributed by atoms with Gasteiger partial charge >= 0.3 is 0 Å². The zero-order valence-corrected chi connectivity index (χ0v) is 22.6. The van der Waals surface area contributed by atoms with Gasteiger partial charge in [0.15, 0.2) is 5.65 Å². The molecule has 198 valence electrons. The molecule has 6 aromatic carbocycles. The highest BCUT2D eigenvalue weighted by Gasteiger charge is 2.25. The third-order valence-corrected chi connectivity index (χ3v) is 9.11. The van der Waals surface area contributed by atoms with Crippen LogP contribution in [0, 0.1) is 0 Å². The molecule has 43 heavy (non-hydrogen) atoms. The molecule has 0 aliphatic heterocycles. The van der Waals surface area contributed by atoms with Crippen molar-refractivity contribution in [2.24, 2.45) is 0 Å². The number of hydrogen-bond acceptors (Lipinski definition) is 4. The second-order valence-corrected chi connectivity index (χ2v) is 11.4. The highest BCUT2D eigenvalue weighted by atomic mass is 16.3. The Morgan fingerprint density at radius 1 is 0.512 bits per heavy atom. The number of fused-ring (bicyclic) bond motifs is 14. The molecule has 0 amide bonds. The van der Waals surface area contributed by atoms with Crippen LogP contribution in [0.15, 0.2) is 124 Å². The van der Waals surface area contributed by atoms with E-state index in [2.05, 4.69) is 71.1 Å². The van der Waals surface area contributed by atoms with Crippen molar-refractivity contribution in [3.63, 3.8) is 0 Å². The van der Waals surface area contributed by atoms with Crippen LogP contribution in [0.1, 0.15) is 0 Å². The van der Waals surface area contributed by atoms with E-state index in [0.29, 0.717) is 0 Å². The van der Waals surface area contributed by atoms with E-state index in [9.17, 15) is 0 Å². The summed E-state index contributed by atoms with van der Waals surface area (Å²) in [6.07, 6.45) is 0. The Balaban J connectivity index is 1.32. The molecule has 5 heteroatoms. The number of rotatable bonds is 1. The molecular formula is C38H19N3O2. The van der Waals surface area contributed by atoms with E-state index < -0.39 is 0 Å². The Morgan fingerprint density at radius 2 is 1.21 bits per heavy atom. The van der Waals surface area contributed by atoms with Crippen molar-refractivity contribution in [2.75, 3.05) is 0 Å². The largest absolute Gasteiger partial charge is 0.455 e. The second kappa shape index (κ2) is 7.46. The summed E-state index contributed by atoms with van der Waals surface area (Å²) in [5, 5.41) is 7.77. The molecule has 11 rings (SSSR count). The van der Waals surface area contributed by atoms with Crippen molar-refractivity contribution >= 4 is 93.3 Å². The van der Waals surface area contributed by atoms with E-state index in [4.69, 9.17) is 18.8 Å². The van der Waals surface area contributed by atoms with Crippen LogP contribution >= 0.6 is 0 Å². The fourth-order valence-corrected chi connectivity index (χ4v) is 7.25. The van der Waals surface area contributed by atoms with Crippen LogP contribution in [-0.2, 0) is 0 Å². The molecular weight excluding hydrogens is 530 g/mol. The highest BCUT2D eigenvalue weighted by Crippen LogP contribution is 2.46. The van der Waals surface area contributed by atoms with E-state index in [0.717, 1.165) is 104 Å². The minimum atomic E-state index is 0.841. The average molecular weight is 550 g/mol. The van der Waals surface area contributed by atoms with Crippen molar-refractivity contribution in [3.05, 3.63) is 115 Å². The van der Waals surface area contributed by atoms with E-state index in [1.54, 1.807) is 0 Å². The number of aromatic nitrogens is 3. The molecule has 0 saturated carbocycles. The first kappa shape index (κ1) is 21.8. The van der Waals surface area contributed by atoms with Crippen molar-refractivity contribution in [1.82, 2.24) is 14.4 Å². The van der Waals surface area contributed by atoms with Gasteiger partial charge < -0.3 is 8.83 Å². The maximum absolute atomic E-state index is 6.56. The first-order chi connectivity index (χ1) is 21.3. The van der Waals surface area contributed by atoms with Gasteiger partial charge in [0, 0.05) is 37.9 Å². The summed E-state index contributed by atoms with van der Waals surface area (Å²) in [6, 6.07) is 40.0. The zero-order chi connectivity index (χ0) is 27.8. The molecule has 0 aliphatic rings. The Kier molecular flexibility index (Phi) is 3.78. The fraction of sp³-hybridized carbons (Fsp3) is 0. The summed E-state index contributed by atoms with van der Waals surface area (Å²) < 4.78 is 15.2. The van der Waals surface area contributed by atoms with Gasteiger partial charge in [-0.15, -0.1) is 0 Å². The molecule has 0 radical (unpaired) electrons. The molecule has 0 atom stereocenters. The topological polar surface area (TPSA) is 56.5 Å². The van der Waals surface area contributed by atoms with Crippen molar-refractivity contribution in [1.29, 1.82) is 0 Å². The third-order valence-electron chi connectivity index (χ3n) is 9.11. The normalized spacial score (nSPS) is 12.7. The fourth-order valence-electron chi connectivity index (χ4n) is 7.25. The predicted octanol–water partition coefficient (Wildman–Crippen LogP) is 10.2. The molecule has 0 bridgehead atoms. The standard InChI is InChI=1S/C38H19N3O2/c1-5-14-31-22(8-1)24-11-7-10-21(36(24)42-31)20-16-17-30-25(18-20)26-19-27-23-9-2-6-15-32(23)43-37(27)33-34-38(41(30)35(26)33)40-29-13-4-3-12-28(29)39-34/h1-19H. The summed E-state index contributed by atoms with van der Waals surface area (Å²) >= 11 is 0. The maximum Gasteiger partial charge on any atom is 0.165 e. The maximum atomic E-state index is 6.56. The summed E-state index contributed by atoms with van der Waals surface area (Å²) in [4.78, 5) is 10.3. The summed E-state index contributed by atoms with van der Waals surface area (Å²) in [7, 11) is 0. The van der Waals surface area contributed by atoms with Gasteiger partial charge in [-0.25, -0.2) is 9.97 Å². The molecule has 5 heterocycles. The lowest BCUT2D eigenvalue weighted by molar-refractivity contribution is 0.670. The minimum absolute atomic E-state index is 0.841. The van der Waals surface area contributed by atoms with Gasteiger partial charge in [-0.05, 0) is 48.0 Å². The van der Waals surface area contributed by atoms with Crippen LogP contribution in [0.4, 0.5) is 0 Å². The number of benzene rings is 6. The Bertz CT molecular complexity index is 2960. The van der Waals surface area contributed by atoms with Gasteiger partial charge in [0.1, 0.15) is 27.8 Å². The van der Waals surface area contributed by atoms with Crippen LogP contribution < -0.4 is 0 Å². The molecule has 0 spiro atoms. The highest BCUT2D eigenvalue weighted by molar-refractivity contribution is 6.32. The molecule has 0 N–H and O–H groups in total. The average Bonchev–Trinajstić information content (AvgIpc) is 3.79. The summed E-state index contributed by atoms with van der Waals surface area (Å²) in [6.45, 7) is 0. The second-order valence-electron chi connectivity index (χ2n) is 11.4. The van der Waals surface area contributed by atoms with Crippen LogP contribution in [0.2, 0.25) is 0 Å². The molecule has 0 fully saturated rings. The first-order valence-corrected chi connectivity index (χ1v) is 14.4. The first-order valence-electron chi connectivity index (χ1n) is 14.4. The monoisotopic (exact) mass is 549 g/mol. The van der Waals surface area contributed by atoms with E-state index >= 15 is 0 Å². The zero-order valence-electron chi connectivity index (χ0n) is 22.6. The lowest BCUT2D eigenvalue weighted by Crippen LogP contribution is -1.89. The van der Waals surface area contributed by atoms with Crippen LogP contribution in [-0.4, -0.2) is 14.4 Å². The molecule has 0 saturated heterocycles. The lowest BCUT2D eigenvalue weighted by atomic mass is 9.99. The SMILES string of the molecule is c1ccc2nc3c(nc2c1)c1c2oc4ccccc4c2cc2c4cc(-c5cccc6c5oc5ccccc56)ccc4n3c21. The number of furan rings is 2. The molecule has 0 aliphatic carbocycles. The van der Waals surface area contributed by atoms with Crippen molar-refractivity contribution in [2.45, 2.75) is 0 Å². The van der Waals surface area contributed by atoms with Gasteiger partial charge in [0.05, 0.1) is 27.5 Å². The van der Waals surface area contributed by atoms with Crippen LogP contribution in [0.5, 0.6) is 0 Å². The van der Waals surface area contributed by atoms with Gasteiger partial charge in [0.25, 0.3) is 0 Å². The van der Waals surface area contributed by atoms with E-state index in [1.165, 1.54) is 0 Å². The Morgan fingerprint density at radius 3 is 2.05 bits per heavy atom. The molecule has 11 aromatic rings. The quantitative estimate of drug-likeness (QED) is 0.204. The lowest BCUT2D eigenvalue weighted by Gasteiger charge is -2.05. The summed E-state index contributed by atoms with van der Waals surface area (Å²) in [5.41, 5.74) is 11.4. The van der Waals surface area contributed by atoms with Gasteiger partial charge in [-0.2, -0.15) is 0 Å². The number of nitrogens with zero attached hydrogens (tertiary/aromatic N) is 3. The molecule has 5 aromatic heterocycles. The Labute approximate surface area is 242 Å². The van der Waals surface area contributed by atoms with Gasteiger partial charge in [-0.3, -0.25) is 4.40 Å². The van der Waals surface area contributed by atoms with Gasteiger partial charge in [-0.1, -0.05) is 72.8 Å². The van der Waals surface area contributed by atoms with Crippen molar-refractivity contribution < 1.29 is 8.83 Å². The number of para-hydroxylation sites is 5. The molecule has 0 unspecified atom stereocenters. The van der Waals surface area contributed by atoms with Crippen molar-refractivity contribution in [3.8, 4) is 11.1 Å². The van der Waals surface area contributed by atoms with Crippen LogP contribution in [0.3, 0.4) is 0 Å². The molecule has 5 nitrogen and oxygen atoms in total. The van der Waals surface area contributed by atoms with E-state index in [-0.39, 0.29) is 0 Å².